The maximum atomic E-state index is 14.2. The van der Waals surface area contributed by atoms with Crippen LogP contribution in [-0.2, 0) is 4.79 Å². The predicted molar refractivity (Wildman–Crippen MR) is 79.4 cm³/mol. The zero-order valence-corrected chi connectivity index (χ0v) is 13.1. The van der Waals surface area contributed by atoms with Crippen LogP contribution in [-0.4, -0.2) is 18.0 Å². The van der Waals surface area contributed by atoms with Crippen LogP contribution in [0.5, 0.6) is 5.75 Å². The number of ketones is 1. The Morgan fingerprint density at radius 3 is 2.55 bits per heavy atom. The van der Waals surface area contributed by atoms with E-state index in [2.05, 4.69) is 12.6 Å². The fourth-order valence-electron chi connectivity index (χ4n) is 1.99. The highest BCUT2D eigenvalue weighted by Gasteiger charge is 2.21. The van der Waals surface area contributed by atoms with Gasteiger partial charge in [-0.3, -0.25) is 9.59 Å². The minimum absolute atomic E-state index is 0.0608. The van der Waals surface area contributed by atoms with Crippen molar-refractivity contribution in [2.24, 2.45) is 5.92 Å². The van der Waals surface area contributed by atoms with Crippen molar-refractivity contribution >= 4 is 35.1 Å². The molecule has 1 aromatic rings. The van der Waals surface area contributed by atoms with Gasteiger partial charge in [0.05, 0.1) is 17.7 Å². The zero-order valence-electron chi connectivity index (χ0n) is 11.5. The fourth-order valence-corrected chi connectivity index (χ4v) is 2.63. The molecular formula is C14H16ClFO3S. The Morgan fingerprint density at radius 1 is 1.45 bits per heavy atom. The van der Waals surface area contributed by atoms with Crippen molar-refractivity contribution in [3.05, 3.63) is 28.0 Å². The molecule has 20 heavy (non-hydrogen) atoms. The van der Waals surface area contributed by atoms with E-state index in [0.29, 0.717) is 0 Å². The number of halogens is 2. The number of rotatable bonds is 6. The van der Waals surface area contributed by atoms with Crippen molar-refractivity contribution < 1.29 is 18.7 Å². The van der Waals surface area contributed by atoms with E-state index in [9.17, 15) is 14.0 Å². The molecule has 1 rings (SSSR count). The van der Waals surface area contributed by atoms with Gasteiger partial charge in [0.2, 0.25) is 0 Å². The first kappa shape index (κ1) is 17.0. The van der Waals surface area contributed by atoms with Crippen LogP contribution >= 0.6 is 24.2 Å². The summed E-state index contributed by atoms with van der Waals surface area (Å²) in [6, 6.07) is 1.26. The van der Waals surface area contributed by atoms with Crippen molar-refractivity contribution in [3.8, 4) is 5.75 Å². The molecule has 0 saturated carbocycles. The van der Waals surface area contributed by atoms with Gasteiger partial charge in [-0.25, -0.2) is 4.39 Å². The molecule has 0 fully saturated rings. The summed E-state index contributed by atoms with van der Waals surface area (Å²) in [6.07, 6.45) is 0.227. The van der Waals surface area contributed by atoms with E-state index in [4.69, 9.17) is 16.3 Å². The summed E-state index contributed by atoms with van der Waals surface area (Å²) in [5.74, 6) is -1.01. The summed E-state index contributed by atoms with van der Waals surface area (Å²) in [5, 5.41) is -0.109. The van der Waals surface area contributed by atoms with E-state index >= 15 is 0 Å². The second kappa shape index (κ2) is 7.09. The molecule has 1 atom stereocenters. The molecule has 0 amide bonds. The third kappa shape index (κ3) is 3.96. The lowest BCUT2D eigenvalue weighted by Gasteiger charge is -2.13. The highest BCUT2D eigenvalue weighted by Crippen LogP contribution is 2.33. The average Bonchev–Trinajstić information content (AvgIpc) is 2.33. The fraction of sp³-hybridized carbons (Fsp3) is 0.429. The summed E-state index contributed by atoms with van der Waals surface area (Å²) in [7, 11) is 1.38. The molecule has 1 unspecified atom stereocenters. The monoisotopic (exact) mass is 318 g/mol. The molecule has 0 bridgehead atoms. The smallest absolute Gasteiger partial charge is 0.186 e. The van der Waals surface area contributed by atoms with Crippen molar-refractivity contribution in [2.45, 2.75) is 26.7 Å². The molecule has 0 saturated heterocycles. The number of carbonyl (C=O) groups is 2. The second-order valence-electron chi connectivity index (χ2n) is 4.71. The van der Waals surface area contributed by atoms with Crippen LogP contribution in [0, 0.1) is 18.7 Å². The predicted octanol–water partition coefficient (Wildman–Crippen LogP) is 3.85. The molecule has 0 aliphatic heterocycles. The minimum Gasteiger partial charge on any atom is -0.495 e. The van der Waals surface area contributed by atoms with Gasteiger partial charge in [0.1, 0.15) is 11.6 Å². The highest BCUT2D eigenvalue weighted by molar-refractivity contribution is 7.96. The molecule has 3 nitrogen and oxygen atoms in total. The molecule has 0 N–H and O–H groups in total. The van der Waals surface area contributed by atoms with Gasteiger partial charge < -0.3 is 4.74 Å². The van der Waals surface area contributed by atoms with E-state index in [0.717, 1.165) is 0 Å². The Labute approximate surface area is 127 Å². The Bertz CT molecular complexity index is 546. The Morgan fingerprint density at radius 2 is 2.05 bits per heavy atom. The second-order valence-corrected chi connectivity index (χ2v) is 5.61. The first-order chi connectivity index (χ1) is 9.27. The largest absolute Gasteiger partial charge is 0.495 e. The van der Waals surface area contributed by atoms with Crippen LogP contribution in [0.4, 0.5) is 4.39 Å². The number of carbonyl (C=O) groups excluding carboxylic acids is 2. The molecular weight excluding hydrogens is 303 g/mol. The van der Waals surface area contributed by atoms with Crippen LogP contribution in [0.25, 0.3) is 0 Å². The lowest BCUT2D eigenvalue weighted by atomic mass is 9.96. The van der Waals surface area contributed by atoms with E-state index in [-0.39, 0.29) is 45.8 Å². The van der Waals surface area contributed by atoms with E-state index in [1.165, 1.54) is 20.1 Å². The van der Waals surface area contributed by atoms with Gasteiger partial charge in [0, 0.05) is 18.4 Å². The van der Waals surface area contributed by atoms with E-state index < -0.39 is 11.6 Å². The van der Waals surface area contributed by atoms with Gasteiger partial charge in [-0.15, -0.1) is 12.6 Å². The molecule has 0 aliphatic carbocycles. The van der Waals surface area contributed by atoms with Crippen LogP contribution in [0.2, 0.25) is 5.02 Å². The van der Waals surface area contributed by atoms with Crippen molar-refractivity contribution in [1.29, 1.82) is 0 Å². The number of methoxy groups -OCH3 is 1. The Hall–Kier alpha value is -1.07. The molecule has 0 radical (unpaired) electrons. The molecule has 110 valence electrons. The lowest BCUT2D eigenvalue weighted by Crippen LogP contribution is -2.11. The van der Waals surface area contributed by atoms with Crippen LogP contribution in [0.3, 0.4) is 0 Å². The number of ether oxygens (including phenoxy) is 1. The van der Waals surface area contributed by atoms with Crippen LogP contribution < -0.4 is 4.74 Å². The van der Waals surface area contributed by atoms with Gasteiger partial charge in [0.15, 0.2) is 10.9 Å². The summed E-state index contributed by atoms with van der Waals surface area (Å²) in [5.41, 5.74) is 0.119. The molecule has 1 aromatic carbocycles. The summed E-state index contributed by atoms with van der Waals surface area (Å²) < 4.78 is 19.1. The number of benzene rings is 1. The molecule has 0 spiro atoms. The van der Waals surface area contributed by atoms with Crippen molar-refractivity contribution in [2.75, 3.05) is 7.11 Å². The number of Topliss-reactive ketones (excluding diaryl/α,β-unsaturated/α-hetero) is 1. The third-order valence-electron chi connectivity index (χ3n) is 2.96. The van der Waals surface area contributed by atoms with Crippen LogP contribution in [0.1, 0.15) is 35.7 Å². The quantitative estimate of drug-likeness (QED) is 0.640. The van der Waals surface area contributed by atoms with Crippen molar-refractivity contribution in [3.63, 3.8) is 0 Å². The standard InChI is InChI=1S/C14H16ClFO3S/c1-7(5-12(18)20)4-11(17)9-6-10(15)14(19-3)8(2)13(9)16/h6-7H,4-5H2,1-3H3,(H,18,20). The lowest BCUT2D eigenvalue weighted by molar-refractivity contribution is -0.111. The van der Waals surface area contributed by atoms with Gasteiger partial charge in [-0.2, -0.15) is 0 Å². The Kier molecular flexibility index (Phi) is 6.02. The van der Waals surface area contributed by atoms with E-state index in [1.54, 1.807) is 6.92 Å². The average molecular weight is 319 g/mol. The number of hydrogen-bond donors (Lipinski definition) is 1. The first-order valence-corrected chi connectivity index (χ1v) is 6.88. The first-order valence-electron chi connectivity index (χ1n) is 6.05. The summed E-state index contributed by atoms with van der Waals surface area (Å²) in [4.78, 5) is 23.0. The topological polar surface area (TPSA) is 43.4 Å². The SMILES string of the molecule is COc1c(Cl)cc(C(=O)CC(C)CC(=O)S)c(F)c1C. The normalized spacial score (nSPS) is 12.1. The zero-order chi connectivity index (χ0) is 15.4. The van der Waals surface area contributed by atoms with Gasteiger partial charge in [0.25, 0.3) is 0 Å². The van der Waals surface area contributed by atoms with E-state index in [1.807, 2.05) is 0 Å². The Balaban J connectivity index is 3.03. The number of hydrogen-bond acceptors (Lipinski definition) is 3. The maximum Gasteiger partial charge on any atom is 0.186 e. The molecule has 0 aliphatic rings. The van der Waals surface area contributed by atoms with Crippen LogP contribution in [0.15, 0.2) is 6.07 Å². The molecule has 6 heteroatoms. The minimum atomic E-state index is -0.638. The number of thiol groups is 1. The molecule has 0 aromatic heterocycles. The highest BCUT2D eigenvalue weighted by atomic mass is 35.5. The summed E-state index contributed by atoms with van der Waals surface area (Å²) >= 11 is 9.63. The van der Waals surface area contributed by atoms with Gasteiger partial charge in [-0.05, 0) is 18.9 Å². The maximum absolute atomic E-state index is 14.2. The van der Waals surface area contributed by atoms with Gasteiger partial charge in [-0.1, -0.05) is 18.5 Å². The van der Waals surface area contributed by atoms with Crippen molar-refractivity contribution in [1.82, 2.24) is 0 Å². The third-order valence-corrected chi connectivity index (χ3v) is 3.42. The van der Waals surface area contributed by atoms with Gasteiger partial charge >= 0.3 is 0 Å². The molecule has 0 heterocycles. The summed E-state index contributed by atoms with van der Waals surface area (Å²) in [6.45, 7) is 3.24.